The fourth-order valence-electron chi connectivity index (χ4n) is 1.72. The zero-order valence-corrected chi connectivity index (χ0v) is 15.0. The lowest BCUT2D eigenvalue weighted by molar-refractivity contribution is -0.142. The lowest BCUT2D eigenvalue weighted by atomic mass is 10.1. The van der Waals surface area contributed by atoms with Crippen LogP contribution in [0.2, 0.25) is 0 Å². The molecule has 148 valence electrons. The maximum Gasteiger partial charge on any atom is 0.326 e. The molecule has 0 aliphatic rings. The highest BCUT2D eigenvalue weighted by molar-refractivity contribution is 7.80. The van der Waals surface area contributed by atoms with Gasteiger partial charge < -0.3 is 38.3 Å². The van der Waals surface area contributed by atoms with Gasteiger partial charge in [0.25, 0.3) is 0 Å². The van der Waals surface area contributed by atoms with E-state index in [0.717, 1.165) is 0 Å². The van der Waals surface area contributed by atoms with Gasteiger partial charge in [-0.25, -0.2) is 4.79 Å². The Bertz CT molecular complexity index is 539. The number of rotatable bonds is 12. The lowest BCUT2D eigenvalue weighted by Gasteiger charge is -2.20. The molecule has 0 fully saturated rings. The first kappa shape index (κ1) is 23.5. The lowest BCUT2D eigenvalue weighted by Crippen LogP contribution is -2.54. The Morgan fingerprint density at radius 3 is 2.23 bits per heavy atom. The highest BCUT2D eigenvalue weighted by Crippen LogP contribution is 2.00. The van der Waals surface area contributed by atoms with Crippen molar-refractivity contribution in [2.24, 2.45) is 22.2 Å². The molecular weight excluding hydrogens is 366 g/mol. The zero-order chi connectivity index (χ0) is 20.1. The number of thiol groups is 1. The van der Waals surface area contributed by atoms with Crippen LogP contribution < -0.4 is 33.2 Å². The van der Waals surface area contributed by atoms with Crippen LogP contribution in [0.4, 0.5) is 0 Å². The van der Waals surface area contributed by atoms with E-state index >= 15 is 0 Å². The van der Waals surface area contributed by atoms with Crippen LogP contribution >= 0.6 is 12.6 Å². The van der Waals surface area contributed by atoms with Crippen LogP contribution in [0.1, 0.15) is 12.8 Å². The molecule has 0 saturated carbocycles. The summed E-state index contributed by atoms with van der Waals surface area (Å²) in [5.74, 6) is -3.29. The Balaban J connectivity index is 4.57. The van der Waals surface area contributed by atoms with E-state index in [2.05, 4.69) is 33.6 Å². The second-order valence-electron chi connectivity index (χ2n) is 5.13. The van der Waals surface area contributed by atoms with Gasteiger partial charge in [-0.1, -0.05) is 0 Å². The van der Waals surface area contributed by atoms with Crippen molar-refractivity contribution in [1.29, 1.82) is 0 Å². The molecule has 0 rings (SSSR count). The molecule has 0 radical (unpaired) electrons. The van der Waals surface area contributed by atoms with Gasteiger partial charge in [-0.3, -0.25) is 19.4 Å². The predicted octanol–water partition coefficient (Wildman–Crippen LogP) is -3.90. The van der Waals surface area contributed by atoms with Crippen LogP contribution in [0, 0.1) is 0 Å². The predicted molar refractivity (Wildman–Crippen MR) is 97.3 cm³/mol. The summed E-state index contributed by atoms with van der Waals surface area (Å²) < 4.78 is 0. The maximum absolute atomic E-state index is 12.1. The summed E-state index contributed by atoms with van der Waals surface area (Å²) >= 11 is 3.96. The number of nitrogens with two attached hydrogens (primary N) is 3. The average molecular weight is 391 g/mol. The van der Waals surface area contributed by atoms with Gasteiger partial charge in [0, 0.05) is 12.3 Å². The molecule has 3 amide bonds. The van der Waals surface area contributed by atoms with Crippen molar-refractivity contribution in [3.05, 3.63) is 0 Å². The Kier molecular flexibility index (Phi) is 11.5. The van der Waals surface area contributed by atoms with E-state index in [1.165, 1.54) is 0 Å². The fourth-order valence-corrected chi connectivity index (χ4v) is 1.98. The highest BCUT2D eigenvalue weighted by Gasteiger charge is 2.25. The van der Waals surface area contributed by atoms with Crippen LogP contribution in [0.3, 0.4) is 0 Å². The summed E-state index contributed by atoms with van der Waals surface area (Å²) in [4.78, 5) is 49.8. The number of carbonyl (C=O) groups excluding carboxylic acids is 3. The third-order valence-electron chi connectivity index (χ3n) is 3.03. The third-order valence-corrected chi connectivity index (χ3v) is 3.39. The summed E-state index contributed by atoms with van der Waals surface area (Å²) in [5, 5.41) is 16.1. The van der Waals surface area contributed by atoms with Crippen molar-refractivity contribution in [3.8, 4) is 0 Å². The number of guanidine groups is 1. The van der Waals surface area contributed by atoms with Gasteiger partial charge in [0.2, 0.25) is 17.7 Å². The number of carboxylic acids is 1. The molecule has 0 saturated heterocycles. The third kappa shape index (κ3) is 10.4. The van der Waals surface area contributed by atoms with Crippen molar-refractivity contribution in [1.82, 2.24) is 16.0 Å². The number of aliphatic carboxylic acids is 1. The highest BCUT2D eigenvalue weighted by atomic mass is 32.1. The summed E-state index contributed by atoms with van der Waals surface area (Å²) in [7, 11) is 0. The zero-order valence-electron chi connectivity index (χ0n) is 14.1. The molecule has 12 nitrogen and oxygen atoms in total. The molecule has 0 aromatic heterocycles. The molecule has 0 aromatic carbocycles. The van der Waals surface area contributed by atoms with E-state index in [1.807, 2.05) is 0 Å². The van der Waals surface area contributed by atoms with Gasteiger partial charge >= 0.3 is 5.97 Å². The molecule has 0 bridgehead atoms. The molecule has 2 atom stereocenters. The molecule has 0 aliphatic carbocycles. The van der Waals surface area contributed by atoms with Crippen molar-refractivity contribution < 1.29 is 24.3 Å². The first-order valence-electron chi connectivity index (χ1n) is 7.66. The molecular formula is C13H25N7O5S. The molecule has 0 heterocycles. The van der Waals surface area contributed by atoms with Crippen molar-refractivity contribution in [2.45, 2.75) is 24.9 Å². The minimum absolute atomic E-state index is 0.0667. The largest absolute Gasteiger partial charge is 0.480 e. The number of amides is 3. The molecule has 10 N–H and O–H groups in total. The standard InChI is InChI=1S/C13H25N7O5S/c14-4-9(21)18-5-10(22)19-8(6-26)11(23)20-7(12(24)25)2-1-3-17-13(15)16/h7-8,26H,1-6,14H2,(H,18,21)(H,19,22)(H,20,23)(H,24,25)(H4,15,16,17). The van der Waals surface area contributed by atoms with Crippen LogP contribution in [0.5, 0.6) is 0 Å². The van der Waals surface area contributed by atoms with Crippen molar-refractivity contribution in [3.63, 3.8) is 0 Å². The van der Waals surface area contributed by atoms with Gasteiger partial charge in [0.05, 0.1) is 13.1 Å². The maximum atomic E-state index is 12.1. The number of hydrogen-bond donors (Lipinski definition) is 8. The van der Waals surface area contributed by atoms with Crippen LogP contribution in [-0.2, 0) is 19.2 Å². The smallest absolute Gasteiger partial charge is 0.326 e. The summed E-state index contributed by atoms with van der Waals surface area (Å²) in [6, 6.07) is -2.24. The Morgan fingerprint density at radius 1 is 1.08 bits per heavy atom. The van der Waals surface area contributed by atoms with Gasteiger partial charge in [-0.2, -0.15) is 12.6 Å². The normalized spacial score (nSPS) is 12.4. The summed E-state index contributed by atoms with van der Waals surface area (Å²) in [6.07, 6.45) is 0.426. The SMILES string of the molecule is NCC(=O)NCC(=O)NC(CS)C(=O)NC(CCCN=C(N)N)C(=O)O. The number of nitrogens with one attached hydrogen (secondary N) is 3. The summed E-state index contributed by atoms with van der Waals surface area (Å²) in [6.45, 7) is -0.423. The first-order valence-corrected chi connectivity index (χ1v) is 8.30. The Morgan fingerprint density at radius 2 is 1.73 bits per heavy atom. The minimum Gasteiger partial charge on any atom is -0.480 e. The van der Waals surface area contributed by atoms with E-state index in [1.54, 1.807) is 0 Å². The number of aliphatic imine (C=N–C) groups is 1. The topological polar surface area (TPSA) is 215 Å². The molecule has 2 unspecified atom stereocenters. The number of hydrogen-bond acceptors (Lipinski definition) is 7. The number of nitrogens with zero attached hydrogens (tertiary/aromatic N) is 1. The van der Waals surface area contributed by atoms with E-state index in [4.69, 9.17) is 17.2 Å². The van der Waals surface area contributed by atoms with E-state index in [-0.39, 0.29) is 37.8 Å². The minimum atomic E-state index is -1.23. The van der Waals surface area contributed by atoms with Crippen molar-refractivity contribution in [2.75, 3.05) is 25.4 Å². The molecule has 26 heavy (non-hydrogen) atoms. The van der Waals surface area contributed by atoms with E-state index in [9.17, 15) is 24.3 Å². The van der Waals surface area contributed by atoms with Crippen molar-refractivity contribution >= 4 is 42.3 Å². The molecule has 0 aliphatic heterocycles. The first-order chi connectivity index (χ1) is 12.2. The van der Waals surface area contributed by atoms with E-state index < -0.39 is 35.8 Å². The molecule has 0 aromatic rings. The van der Waals surface area contributed by atoms with Crippen LogP contribution in [0.15, 0.2) is 4.99 Å². The van der Waals surface area contributed by atoms with Gasteiger partial charge in [-0.05, 0) is 12.8 Å². The quantitative estimate of drug-likeness (QED) is 0.0710. The summed E-state index contributed by atoms with van der Waals surface area (Å²) in [5.41, 5.74) is 15.4. The van der Waals surface area contributed by atoms with Crippen LogP contribution in [0.25, 0.3) is 0 Å². The van der Waals surface area contributed by atoms with Gasteiger partial charge in [-0.15, -0.1) is 0 Å². The second kappa shape index (κ2) is 12.8. The molecule has 0 spiro atoms. The van der Waals surface area contributed by atoms with Gasteiger partial charge in [0.15, 0.2) is 5.96 Å². The Labute approximate surface area is 155 Å². The number of carboxylic acid groups (broad SMARTS) is 1. The number of carbonyl (C=O) groups is 4. The fraction of sp³-hybridized carbons (Fsp3) is 0.615. The van der Waals surface area contributed by atoms with Crippen LogP contribution in [-0.4, -0.2) is 72.2 Å². The van der Waals surface area contributed by atoms with E-state index in [0.29, 0.717) is 6.42 Å². The second-order valence-corrected chi connectivity index (χ2v) is 5.50. The monoisotopic (exact) mass is 391 g/mol. The Hall–Kier alpha value is -2.54. The van der Waals surface area contributed by atoms with Gasteiger partial charge in [0.1, 0.15) is 12.1 Å². The molecule has 13 heteroatoms. The average Bonchev–Trinajstić information content (AvgIpc) is 2.59.